The van der Waals surface area contributed by atoms with E-state index in [9.17, 15) is 4.39 Å². The van der Waals surface area contributed by atoms with Crippen LogP contribution in [-0.4, -0.2) is 57.6 Å². The smallest absolute Gasteiger partial charge is 0.229 e. The van der Waals surface area contributed by atoms with E-state index in [2.05, 4.69) is 45.6 Å². The molecule has 28 heavy (non-hydrogen) atoms. The van der Waals surface area contributed by atoms with Gasteiger partial charge in [0, 0.05) is 38.8 Å². The van der Waals surface area contributed by atoms with Gasteiger partial charge in [0.05, 0.1) is 6.33 Å². The zero-order valence-corrected chi connectivity index (χ0v) is 16.6. The number of likely N-dealkylation sites (N-methyl/N-ethyl adjacent to an activating group) is 1. The van der Waals surface area contributed by atoms with Crippen LogP contribution in [0.3, 0.4) is 0 Å². The topological polar surface area (TPSA) is 62.1 Å². The number of fused-ring (bicyclic) bond motifs is 1. The standard InChI is InChI=1S/C20H26FN7/c1-14(2)28-13-23-17-18(22-12-15-4-6-16(21)7-5-15)24-20(25-19(17)28)27-10-8-26(3)9-11-27/h4-7,13-14H,8-12H2,1-3H3,(H,22,24,25). The Morgan fingerprint density at radius 3 is 2.46 bits per heavy atom. The zero-order valence-electron chi connectivity index (χ0n) is 16.6. The second kappa shape index (κ2) is 7.71. The Balaban J connectivity index is 1.67. The maximum Gasteiger partial charge on any atom is 0.229 e. The molecule has 0 saturated carbocycles. The first-order valence-corrected chi connectivity index (χ1v) is 9.67. The predicted octanol–water partition coefficient (Wildman–Crippen LogP) is 2.91. The monoisotopic (exact) mass is 383 g/mol. The van der Waals surface area contributed by atoms with Gasteiger partial charge in [-0.25, -0.2) is 9.37 Å². The summed E-state index contributed by atoms with van der Waals surface area (Å²) in [5.74, 6) is 1.20. The molecule has 148 valence electrons. The zero-order chi connectivity index (χ0) is 19.7. The van der Waals surface area contributed by atoms with Gasteiger partial charge in [-0.3, -0.25) is 0 Å². The van der Waals surface area contributed by atoms with Crippen LogP contribution in [0, 0.1) is 5.82 Å². The summed E-state index contributed by atoms with van der Waals surface area (Å²) in [6, 6.07) is 6.74. The van der Waals surface area contributed by atoms with E-state index in [1.807, 2.05) is 6.33 Å². The summed E-state index contributed by atoms with van der Waals surface area (Å²) >= 11 is 0. The molecule has 1 N–H and O–H groups in total. The molecule has 0 radical (unpaired) electrons. The van der Waals surface area contributed by atoms with E-state index in [1.54, 1.807) is 12.1 Å². The van der Waals surface area contributed by atoms with E-state index < -0.39 is 0 Å². The Morgan fingerprint density at radius 2 is 1.79 bits per heavy atom. The van der Waals surface area contributed by atoms with Crippen molar-refractivity contribution in [2.24, 2.45) is 0 Å². The highest BCUT2D eigenvalue weighted by Gasteiger charge is 2.21. The molecule has 3 aromatic rings. The van der Waals surface area contributed by atoms with Crippen molar-refractivity contribution < 1.29 is 4.39 Å². The fraction of sp³-hybridized carbons (Fsp3) is 0.450. The van der Waals surface area contributed by atoms with Gasteiger partial charge in [-0.2, -0.15) is 9.97 Å². The summed E-state index contributed by atoms with van der Waals surface area (Å²) < 4.78 is 15.2. The molecule has 0 bridgehead atoms. The Morgan fingerprint density at radius 1 is 1.07 bits per heavy atom. The van der Waals surface area contributed by atoms with Gasteiger partial charge < -0.3 is 19.7 Å². The van der Waals surface area contributed by atoms with Gasteiger partial charge in [-0.15, -0.1) is 0 Å². The summed E-state index contributed by atoms with van der Waals surface area (Å²) in [6.07, 6.45) is 1.82. The molecule has 0 aliphatic carbocycles. The fourth-order valence-corrected chi connectivity index (χ4v) is 3.34. The molecule has 4 rings (SSSR count). The lowest BCUT2D eigenvalue weighted by atomic mass is 10.2. The SMILES string of the molecule is CC(C)n1cnc2c(NCc3ccc(F)cc3)nc(N3CCN(C)CC3)nc21. The number of halogens is 1. The lowest BCUT2D eigenvalue weighted by Crippen LogP contribution is -2.45. The maximum absolute atomic E-state index is 13.2. The van der Waals surface area contributed by atoms with Crippen molar-refractivity contribution in [3.05, 3.63) is 42.0 Å². The molecule has 2 aromatic heterocycles. The van der Waals surface area contributed by atoms with E-state index in [4.69, 9.17) is 9.97 Å². The molecule has 1 aliphatic heterocycles. The van der Waals surface area contributed by atoms with Crippen LogP contribution in [0.15, 0.2) is 30.6 Å². The van der Waals surface area contributed by atoms with Gasteiger partial charge in [-0.1, -0.05) is 12.1 Å². The number of hydrogen-bond acceptors (Lipinski definition) is 6. The van der Waals surface area contributed by atoms with Gasteiger partial charge in [0.2, 0.25) is 5.95 Å². The Labute approximate surface area is 164 Å². The minimum absolute atomic E-state index is 0.235. The van der Waals surface area contributed by atoms with Gasteiger partial charge in [-0.05, 0) is 38.6 Å². The molecule has 0 spiro atoms. The summed E-state index contributed by atoms with van der Waals surface area (Å²) in [7, 11) is 2.13. The third kappa shape index (κ3) is 3.77. The average molecular weight is 383 g/mol. The second-order valence-corrected chi connectivity index (χ2v) is 7.56. The van der Waals surface area contributed by atoms with E-state index >= 15 is 0 Å². The third-order valence-electron chi connectivity index (χ3n) is 5.13. The average Bonchev–Trinajstić information content (AvgIpc) is 3.12. The van der Waals surface area contributed by atoms with Crippen LogP contribution in [0.4, 0.5) is 16.2 Å². The lowest BCUT2D eigenvalue weighted by molar-refractivity contribution is 0.311. The van der Waals surface area contributed by atoms with E-state index in [0.29, 0.717) is 12.4 Å². The highest BCUT2D eigenvalue weighted by Crippen LogP contribution is 2.25. The molecule has 8 heteroatoms. The Kier molecular flexibility index (Phi) is 5.13. The van der Waals surface area contributed by atoms with E-state index in [-0.39, 0.29) is 11.9 Å². The number of aromatic nitrogens is 4. The van der Waals surface area contributed by atoms with Crippen LogP contribution < -0.4 is 10.2 Å². The van der Waals surface area contributed by atoms with E-state index in [1.165, 1.54) is 12.1 Å². The first-order chi connectivity index (χ1) is 13.5. The molecule has 3 heterocycles. The summed E-state index contributed by atoms with van der Waals surface area (Å²) in [5.41, 5.74) is 2.58. The Hall–Kier alpha value is -2.74. The number of nitrogens with one attached hydrogen (secondary N) is 1. The first-order valence-electron chi connectivity index (χ1n) is 9.67. The quantitative estimate of drug-likeness (QED) is 0.731. The number of piperazine rings is 1. The molecule has 7 nitrogen and oxygen atoms in total. The van der Waals surface area contributed by atoms with Gasteiger partial charge in [0.25, 0.3) is 0 Å². The van der Waals surface area contributed by atoms with Crippen LogP contribution >= 0.6 is 0 Å². The van der Waals surface area contributed by atoms with Crippen LogP contribution in [0.2, 0.25) is 0 Å². The van der Waals surface area contributed by atoms with Crippen LogP contribution in [-0.2, 0) is 6.54 Å². The number of nitrogens with zero attached hydrogens (tertiary/aromatic N) is 6. The van der Waals surface area contributed by atoms with Crippen LogP contribution in [0.1, 0.15) is 25.5 Å². The van der Waals surface area contributed by atoms with Crippen molar-refractivity contribution >= 4 is 22.9 Å². The van der Waals surface area contributed by atoms with Crippen molar-refractivity contribution in [3.63, 3.8) is 0 Å². The number of benzene rings is 1. The van der Waals surface area contributed by atoms with Gasteiger partial charge >= 0.3 is 0 Å². The molecule has 1 aliphatic rings. The lowest BCUT2D eigenvalue weighted by Gasteiger charge is -2.32. The largest absolute Gasteiger partial charge is 0.364 e. The van der Waals surface area contributed by atoms with Crippen LogP contribution in [0.25, 0.3) is 11.2 Å². The number of anilines is 2. The van der Waals surface area contributed by atoms with Crippen molar-refractivity contribution in [2.75, 3.05) is 43.4 Å². The molecule has 1 saturated heterocycles. The molecule has 0 unspecified atom stereocenters. The molecular formula is C20H26FN7. The third-order valence-corrected chi connectivity index (χ3v) is 5.13. The van der Waals surface area contributed by atoms with Crippen molar-refractivity contribution in [1.29, 1.82) is 0 Å². The molecule has 1 aromatic carbocycles. The fourth-order valence-electron chi connectivity index (χ4n) is 3.34. The minimum Gasteiger partial charge on any atom is -0.364 e. The number of rotatable bonds is 5. The molecule has 1 fully saturated rings. The second-order valence-electron chi connectivity index (χ2n) is 7.56. The van der Waals surface area contributed by atoms with Crippen LogP contribution in [0.5, 0.6) is 0 Å². The number of hydrogen-bond donors (Lipinski definition) is 1. The van der Waals surface area contributed by atoms with Crippen molar-refractivity contribution in [3.8, 4) is 0 Å². The minimum atomic E-state index is -0.235. The normalized spacial score (nSPS) is 15.5. The predicted molar refractivity (Wildman–Crippen MR) is 109 cm³/mol. The van der Waals surface area contributed by atoms with Crippen molar-refractivity contribution in [1.82, 2.24) is 24.4 Å². The first kappa shape index (κ1) is 18.6. The molecule has 0 amide bonds. The van der Waals surface area contributed by atoms with Gasteiger partial charge in [0.1, 0.15) is 5.82 Å². The van der Waals surface area contributed by atoms with Crippen molar-refractivity contribution in [2.45, 2.75) is 26.4 Å². The highest BCUT2D eigenvalue weighted by atomic mass is 19.1. The molecular weight excluding hydrogens is 357 g/mol. The van der Waals surface area contributed by atoms with E-state index in [0.717, 1.165) is 48.9 Å². The van der Waals surface area contributed by atoms with Gasteiger partial charge in [0.15, 0.2) is 17.0 Å². The summed E-state index contributed by atoms with van der Waals surface area (Å²) in [6.45, 7) is 8.55. The Bertz CT molecular complexity index is 943. The number of imidazole rings is 1. The summed E-state index contributed by atoms with van der Waals surface area (Å²) in [5, 5.41) is 3.38. The molecule has 0 atom stereocenters. The summed E-state index contributed by atoms with van der Waals surface area (Å²) in [4.78, 5) is 18.7. The highest BCUT2D eigenvalue weighted by molar-refractivity contribution is 5.84. The maximum atomic E-state index is 13.2.